The van der Waals surface area contributed by atoms with Crippen molar-refractivity contribution in [3.05, 3.63) is 0 Å². The van der Waals surface area contributed by atoms with E-state index < -0.39 is 12.1 Å². The molecule has 0 aromatic carbocycles. The van der Waals surface area contributed by atoms with Gasteiger partial charge in [-0.2, -0.15) is 0 Å². The summed E-state index contributed by atoms with van der Waals surface area (Å²) in [6.07, 6.45) is 69.7. The Kier molecular flexibility index (Phi) is 58.4. The van der Waals surface area contributed by atoms with Gasteiger partial charge in [0.2, 0.25) is 5.91 Å². The number of carbonyl (C=O) groups excluding carboxylic acids is 2. The van der Waals surface area contributed by atoms with Gasteiger partial charge in [-0.25, -0.2) is 0 Å². The summed E-state index contributed by atoms with van der Waals surface area (Å²) in [5.74, 6) is -0.0250. The van der Waals surface area contributed by atoms with Gasteiger partial charge < -0.3 is 20.3 Å². The zero-order valence-electron chi connectivity index (χ0n) is 47.1. The van der Waals surface area contributed by atoms with E-state index in [0.29, 0.717) is 25.9 Å². The lowest BCUT2D eigenvalue weighted by atomic mass is 10.0. The van der Waals surface area contributed by atoms with Crippen LogP contribution in [-0.2, 0) is 14.3 Å². The summed E-state index contributed by atoms with van der Waals surface area (Å²) in [5.41, 5.74) is 0. The van der Waals surface area contributed by atoms with Crippen molar-refractivity contribution in [1.29, 1.82) is 0 Å². The Morgan fingerprint density at radius 3 is 0.884 bits per heavy atom. The lowest BCUT2D eigenvalue weighted by molar-refractivity contribution is -0.143. The van der Waals surface area contributed by atoms with Crippen molar-refractivity contribution >= 4 is 11.9 Å². The molecule has 0 heterocycles. The highest BCUT2D eigenvalue weighted by Gasteiger charge is 2.20. The Morgan fingerprint density at radius 1 is 0.348 bits per heavy atom. The number of nitrogens with one attached hydrogen (secondary N) is 1. The molecule has 1 amide bonds. The standard InChI is InChI=1S/C63H125NO5/c1-3-5-7-9-11-13-15-17-19-21-22-25-29-33-37-41-45-49-53-57-63(68)69-58-54-50-46-42-38-34-30-26-23-24-28-32-36-40-44-48-52-56-62(67)64-60(59-65)61(66)55-51-47-43-39-35-31-27-20-18-16-14-12-10-8-6-4-2/h60-61,65-66H,3-59H2,1-2H3,(H,64,67). The van der Waals surface area contributed by atoms with Gasteiger partial charge in [-0.3, -0.25) is 9.59 Å². The minimum atomic E-state index is -0.667. The smallest absolute Gasteiger partial charge is 0.305 e. The zero-order valence-corrected chi connectivity index (χ0v) is 47.1. The first-order valence-corrected chi connectivity index (χ1v) is 31.8. The lowest BCUT2D eigenvalue weighted by Crippen LogP contribution is -2.45. The van der Waals surface area contributed by atoms with Crippen LogP contribution in [0.4, 0.5) is 0 Å². The third-order valence-electron chi connectivity index (χ3n) is 15.2. The molecule has 0 bridgehead atoms. The maximum absolute atomic E-state index is 12.5. The molecule has 0 radical (unpaired) electrons. The number of aliphatic hydroxyl groups is 2. The number of rotatable bonds is 60. The fourth-order valence-corrected chi connectivity index (χ4v) is 10.3. The number of aliphatic hydroxyl groups excluding tert-OH is 2. The van der Waals surface area contributed by atoms with Crippen LogP contribution < -0.4 is 5.32 Å². The third kappa shape index (κ3) is 56.0. The van der Waals surface area contributed by atoms with E-state index in [4.69, 9.17) is 4.74 Å². The molecule has 412 valence electrons. The summed E-state index contributed by atoms with van der Waals surface area (Å²) in [6.45, 7) is 4.98. The average molecular weight is 977 g/mol. The van der Waals surface area contributed by atoms with E-state index in [1.807, 2.05) is 0 Å². The number of ether oxygens (including phenoxy) is 1. The highest BCUT2D eigenvalue weighted by atomic mass is 16.5. The molecule has 0 aliphatic rings. The normalized spacial score (nSPS) is 12.5. The quantitative estimate of drug-likeness (QED) is 0.0417. The minimum absolute atomic E-state index is 0.0115. The molecule has 0 fully saturated rings. The van der Waals surface area contributed by atoms with Crippen molar-refractivity contribution in [3.8, 4) is 0 Å². The van der Waals surface area contributed by atoms with Crippen molar-refractivity contribution in [1.82, 2.24) is 5.32 Å². The maximum Gasteiger partial charge on any atom is 0.305 e. The van der Waals surface area contributed by atoms with Crippen LogP contribution in [0, 0.1) is 0 Å². The second-order valence-corrected chi connectivity index (χ2v) is 22.1. The number of amides is 1. The van der Waals surface area contributed by atoms with Gasteiger partial charge in [0.25, 0.3) is 0 Å². The second-order valence-electron chi connectivity index (χ2n) is 22.1. The summed E-state index contributed by atoms with van der Waals surface area (Å²) >= 11 is 0. The predicted molar refractivity (Wildman–Crippen MR) is 301 cm³/mol. The first-order valence-electron chi connectivity index (χ1n) is 31.8. The Labute approximate surface area is 432 Å². The first-order chi connectivity index (χ1) is 34.0. The number of hydrogen-bond acceptors (Lipinski definition) is 5. The van der Waals surface area contributed by atoms with Crippen molar-refractivity contribution in [2.24, 2.45) is 0 Å². The van der Waals surface area contributed by atoms with Gasteiger partial charge in [-0.1, -0.05) is 328 Å². The van der Waals surface area contributed by atoms with Gasteiger partial charge in [0, 0.05) is 12.8 Å². The Bertz CT molecular complexity index is 990. The van der Waals surface area contributed by atoms with Crippen LogP contribution in [0.2, 0.25) is 0 Å². The monoisotopic (exact) mass is 976 g/mol. The van der Waals surface area contributed by atoms with Gasteiger partial charge in [-0.05, 0) is 25.7 Å². The van der Waals surface area contributed by atoms with Gasteiger partial charge in [0.15, 0.2) is 0 Å². The van der Waals surface area contributed by atoms with Crippen LogP contribution in [0.1, 0.15) is 367 Å². The third-order valence-corrected chi connectivity index (χ3v) is 15.2. The lowest BCUT2D eigenvalue weighted by Gasteiger charge is -2.22. The van der Waals surface area contributed by atoms with Crippen molar-refractivity contribution in [2.75, 3.05) is 13.2 Å². The van der Waals surface area contributed by atoms with E-state index in [-0.39, 0.29) is 18.5 Å². The van der Waals surface area contributed by atoms with Crippen LogP contribution in [0.3, 0.4) is 0 Å². The molecule has 0 spiro atoms. The molecule has 0 aliphatic carbocycles. The molecular formula is C63H125NO5. The minimum Gasteiger partial charge on any atom is -0.466 e. The molecule has 0 aliphatic heterocycles. The van der Waals surface area contributed by atoms with Crippen molar-refractivity contribution in [3.63, 3.8) is 0 Å². The zero-order chi connectivity index (χ0) is 50.0. The van der Waals surface area contributed by atoms with Gasteiger partial charge in [0.1, 0.15) is 0 Å². The van der Waals surface area contributed by atoms with Crippen molar-refractivity contribution in [2.45, 2.75) is 379 Å². The maximum atomic E-state index is 12.5. The molecule has 0 rings (SSSR count). The van der Waals surface area contributed by atoms with Crippen molar-refractivity contribution < 1.29 is 24.5 Å². The van der Waals surface area contributed by atoms with E-state index in [2.05, 4.69) is 19.2 Å². The molecule has 2 atom stereocenters. The molecule has 3 N–H and O–H groups in total. The summed E-state index contributed by atoms with van der Waals surface area (Å²) in [4.78, 5) is 24.6. The topological polar surface area (TPSA) is 95.9 Å². The molecule has 0 aromatic rings. The highest BCUT2D eigenvalue weighted by molar-refractivity contribution is 5.76. The van der Waals surface area contributed by atoms with Crippen LogP contribution in [0.15, 0.2) is 0 Å². The Balaban J connectivity index is 3.37. The summed E-state index contributed by atoms with van der Waals surface area (Å²) in [7, 11) is 0. The molecule has 2 unspecified atom stereocenters. The summed E-state index contributed by atoms with van der Waals surface area (Å²) in [6, 6.07) is -0.544. The summed E-state index contributed by atoms with van der Waals surface area (Å²) in [5, 5.41) is 23.3. The number of unbranched alkanes of at least 4 members (excludes halogenated alkanes) is 49. The number of hydrogen-bond donors (Lipinski definition) is 3. The van der Waals surface area contributed by atoms with Crippen LogP contribution in [0.25, 0.3) is 0 Å². The Morgan fingerprint density at radius 2 is 0.594 bits per heavy atom. The first kappa shape index (κ1) is 67.9. The molecule has 69 heavy (non-hydrogen) atoms. The fraction of sp³-hybridized carbons (Fsp3) is 0.968. The molecule has 0 aromatic heterocycles. The number of carbonyl (C=O) groups is 2. The van der Waals surface area contributed by atoms with E-state index in [0.717, 1.165) is 38.5 Å². The fourth-order valence-electron chi connectivity index (χ4n) is 10.3. The largest absolute Gasteiger partial charge is 0.466 e. The van der Waals surface area contributed by atoms with E-state index in [9.17, 15) is 19.8 Å². The van der Waals surface area contributed by atoms with Crippen LogP contribution >= 0.6 is 0 Å². The van der Waals surface area contributed by atoms with Gasteiger partial charge >= 0.3 is 5.97 Å². The van der Waals surface area contributed by atoms with Crippen LogP contribution in [0.5, 0.6) is 0 Å². The van der Waals surface area contributed by atoms with E-state index in [1.165, 1.54) is 295 Å². The van der Waals surface area contributed by atoms with E-state index >= 15 is 0 Å². The molecule has 0 saturated heterocycles. The molecular weight excluding hydrogens is 851 g/mol. The molecule has 6 heteroatoms. The van der Waals surface area contributed by atoms with Gasteiger partial charge in [-0.15, -0.1) is 0 Å². The van der Waals surface area contributed by atoms with Gasteiger partial charge in [0.05, 0.1) is 25.4 Å². The predicted octanol–water partition coefficient (Wildman–Crippen LogP) is 19.9. The summed E-state index contributed by atoms with van der Waals surface area (Å²) < 4.78 is 5.50. The Hall–Kier alpha value is -1.14. The molecule has 0 saturated carbocycles. The second kappa shape index (κ2) is 59.4. The molecule has 6 nitrogen and oxygen atoms in total. The van der Waals surface area contributed by atoms with Crippen LogP contribution in [-0.4, -0.2) is 47.4 Å². The van der Waals surface area contributed by atoms with E-state index in [1.54, 1.807) is 0 Å². The average Bonchev–Trinajstić information content (AvgIpc) is 3.35. The SMILES string of the molecule is CCCCCCCCCCCCCCCCCCCCCC(=O)OCCCCCCCCCCCCCCCCCCCC(=O)NC(CO)C(O)CCCCCCCCCCCCCCCCCC. The highest BCUT2D eigenvalue weighted by Crippen LogP contribution is 2.19. The number of esters is 1.